The van der Waals surface area contributed by atoms with Crippen LogP contribution in [0.2, 0.25) is 0 Å². The number of carbonyl (C=O) groups excluding carboxylic acids is 8. The summed E-state index contributed by atoms with van der Waals surface area (Å²) in [6, 6.07) is 0. The van der Waals surface area contributed by atoms with Crippen molar-refractivity contribution in [3.63, 3.8) is 0 Å². The standard InChI is InChI=1S/C25H32O3.C24H32O4.2C24H30O3/c1-2-24-7-5-15-16-4-3-14(26)11-19(16)23(9-10-23)13-18(15)22(24)17-12-20(17)25(24)8-6-21(27)28-25;1-2-23-7-5-16-15-4-3-14(26)10-17(15)13(12-25)9-18(16)22(23)19-11-20(19)24(23)8-6-21(27)28-24;1-2-23-7-5-14-13-4-3-12(25)9-15(13)16-10-17(16)21(14)22(23)18-11-19(18)24(23)8-6-20(26)27-24;1-3-23-8-6-16-15-5-4-14(25)11-17(15)13(2)10-18(16)22(23)19-12-20(19)24(23)9-7-21(26)27-24/h11,15-18,20,22H,2-10,12-13H2,1H3;10,13,15-16,18-20,22,25H,2-9,11-12H2,1H3;9,13-14,16-19,21-22H,2-8,10-11H2,1H3;11,15-16,18-20,22H,2-10,12H2,1H3/t15?,16-,17?,18?,20?,22?,24+,25+;13?,15-,16?,18?,19?,20?,22?,23+,24+;13-,14?,16?,17?,18?,19?,21?,22?,23+,24+;15-,16?,18?,19?,20?,22?,23+,24+/m1111/s1. The Kier molecular flexibility index (Phi) is 15.2. The zero-order chi connectivity index (χ0) is 74.8. The van der Waals surface area contributed by atoms with Crippen LogP contribution in [0, 0.1) is 187 Å². The molecule has 0 aromatic carbocycles. The average Bonchev–Trinajstić information content (AvgIpc) is 1.48. The van der Waals surface area contributed by atoms with Gasteiger partial charge in [0.05, 0.1) is 0 Å². The Labute approximate surface area is 652 Å². The number of aliphatic hydroxyl groups is 1. The van der Waals surface area contributed by atoms with Crippen molar-refractivity contribution in [2.24, 2.45) is 187 Å². The molecule has 26 aliphatic rings. The maximum atomic E-state index is 12.3. The van der Waals surface area contributed by atoms with Crippen LogP contribution in [0.25, 0.3) is 0 Å². The van der Waals surface area contributed by atoms with Crippen LogP contribution in [0.1, 0.15) is 272 Å². The summed E-state index contributed by atoms with van der Waals surface area (Å²) < 4.78 is 25.1. The second-order valence-electron chi connectivity index (χ2n) is 43.3. The van der Waals surface area contributed by atoms with Gasteiger partial charge in [0.15, 0.2) is 23.1 Å². The molecule has 13 heteroatoms. The largest absolute Gasteiger partial charge is 0.458 e. The van der Waals surface area contributed by atoms with E-state index in [1.807, 2.05) is 12.2 Å². The summed E-state index contributed by atoms with van der Waals surface area (Å²) in [6.45, 7) is 14.0. The Morgan fingerprint density at radius 3 is 1.24 bits per heavy atom. The lowest BCUT2D eigenvalue weighted by atomic mass is 9.46. The lowest BCUT2D eigenvalue weighted by Crippen LogP contribution is -2.57. The minimum absolute atomic E-state index is 0.0224. The number of fused-ring (bicyclic) bond motifs is 40. The molecule has 23 unspecified atom stereocenters. The van der Waals surface area contributed by atoms with E-state index in [-0.39, 0.29) is 86.2 Å². The van der Waals surface area contributed by atoms with E-state index >= 15 is 0 Å². The minimum atomic E-state index is -0.188. The highest BCUT2D eigenvalue weighted by Gasteiger charge is 2.85. The van der Waals surface area contributed by atoms with Crippen molar-refractivity contribution in [1.82, 2.24) is 0 Å². The summed E-state index contributed by atoms with van der Waals surface area (Å²) >= 11 is 0. The fourth-order valence-electron chi connectivity index (χ4n) is 38.0. The normalized spacial score (nSPS) is 55.0. The molecule has 0 bridgehead atoms. The summed E-state index contributed by atoms with van der Waals surface area (Å²) in [5.74, 6) is 20.0. The number of rotatable bonds is 5. The summed E-state index contributed by atoms with van der Waals surface area (Å²) in [7, 11) is 0. The predicted octanol–water partition coefficient (Wildman–Crippen LogP) is 17.4. The summed E-state index contributed by atoms with van der Waals surface area (Å²) in [5.41, 5.74) is 7.55. The van der Waals surface area contributed by atoms with Crippen molar-refractivity contribution in [3.8, 4) is 0 Å². The molecule has 4 heterocycles. The van der Waals surface area contributed by atoms with Crippen LogP contribution in [-0.4, -0.2) is 81.1 Å². The van der Waals surface area contributed by atoms with Gasteiger partial charge in [-0.15, -0.1) is 0 Å². The molecule has 22 aliphatic carbocycles. The van der Waals surface area contributed by atoms with Crippen molar-refractivity contribution >= 4 is 47.0 Å². The zero-order valence-electron chi connectivity index (χ0n) is 66.5. The molecule has 1 N–H and O–H groups in total. The van der Waals surface area contributed by atoms with Crippen molar-refractivity contribution in [3.05, 3.63) is 58.7 Å². The van der Waals surface area contributed by atoms with Gasteiger partial charge in [-0.25, -0.2) is 0 Å². The van der Waals surface area contributed by atoms with Gasteiger partial charge < -0.3 is 24.1 Å². The Balaban J connectivity index is 0.0000000880. The second kappa shape index (κ2) is 23.8. The number of allylic oxidation sites excluding steroid dienone is 4. The summed E-state index contributed by atoms with van der Waals surface area (Å²) in [4.78, 5) is 97.2. The first-order valence-electron chi connectivity index (χ1n) is 46.3. The molecule has 110 heavy (non-hydrogen) atoms. The highest BCUT2D eigenvalue weighted by molar-refractivity contribution is 5.93. The first-order valence-corrected chi connectivity index (χ1v) is 46.3. The molecule has 35 atom stereocenters. The molecule has 4 aliphatic heterocycles. The molecule has 18 saturated carbocycles. The molecule has 0 aromatic heterocycles. The second-order valence-corrected chi connectivity index (χ2v) is 43.3. The number of ether oxygens (including phenoxy) is 4. The molecule has 5 spiro atoms. The SMILES string of the molecule is C=C1CC2C(CC[C@@]3(CC)C2C2CC2[C@@]32CCC(=O)O2)[C@H]2CCC(=O)C=C12.CC[C@]12CCC3C(C4CC4C4=CC(=O)CC[C@@H]43)C1C1CC1[C@@]21CCC(=O)O1.CC[C@]12CCC3C(CC(CO)C4=CC(=O)CC[C@@H]43)C1C1CC1[C@@]21CCC(=O)O1.CC[C@]12CCC3C(CC4(CC4)C4=CC(=O)CC[C@@H]43)C1C1CC1[C@@]21CCC(=O)O1. The van der Waals surface area contributed by atoms with E-state index in [0.717, 1.165) is 149 Å². The average molecular weight is 1500 g/mol. The molecular weight excluding hydrogens is 1370 g/mol. The van der Waals surface area contributed by atoms with E-state index in [0.29, 0.717) is 156 Å². The zero-order valence-corrected chi connectivity index (χ0v) is 66.5. The maximum Gasteiger partial charge on any atom is 0.306 e. The first-order chi connectivity index (χ1) is 53.2. The summed E-state index contributed by atoms with van der Waals surface area (Å²) in [5, 5.41) is 10.2. The highest BCUT2D eigenvalue weighted by Crippen LogP contribution is 2.86. The molecule has 4 saturated heterocycles. The van der Waals surface area contributed by atoms with Gasteiger partial charge in [0.2, 0.25) is 0 Å². The van der Waals surface area contributed by atoms with E-state index < -0.39 is 0 Å². The van der Waals surface area contributed by atoms with E-state index in [1.54, 1.807) is 11.1 Å². The minimum Gasteiger partial charge on any atom is -0.458 e. The fourth-order valence-corrected chi connectivity index (χ4v) is 38.0. The van der Waals surface area contributed by atoms with Gasteiger partial charge in [0, 0.05) is 109 Å². The number of aliphatic hydroxyl groups excluding tert-OH is 1. The van der Waals surface area contributed by atoms with Crippen molar-refractivity contribution in [2.75, 3.05) is 6.61 Å². The van der Waals surface area contributed by atoms with E-state index in [4.69, 9.17) is 18.9 Å². The summed E-state index contributed by atoms with van der Waals surface area (Å²) in [6.07, 6.45) is 48.5. The molecule has 22 fully saturated rings. The van der Waals surface area contributed by atoms with Gasteiger partial charge in [-0.1, -0.05) is 56.6 Å². The fraction of sp³-hybridized carbons (Fsp3) is 0.814. The Hall–Kier alpha value is -4.78. The van der Waals surface area contributed by atoms with Crippen LogP contribution in [0.15, 0.2) is 58.7 Å². The molecule has 0 aromatic rings. The molecule has 13 nitrogen and oxygen atoms in total. The third-order valence-electron chi connectivity index (χ3n) is 41.5. The third kappa shape index (κ3) is 8.95. The number of hydrogen-bond acceptors (Lipinski definition) is 13. The van der Waals surface area contributed by atoms with Crippen LogP contribution in [-0.2, 0) is 57.3 Å². The molecule has 0 radical (unpaired) electrons. The monoisotopic (exact) mass is 1500 g/mol. The Morgan fingerprint density at radius 1 is 0.364 bits per heavy atom. The smallest absolute Gasteiger partial charge is 0.306 e. The topological polar surface area (TPSA) is 194 Å². The number of carbonyl (C=O) groups is 8. The molecule has 26 rings (SSSR count). The van der Waals surface area contributed by atoms with Crippen molar-refractivity contribution in [1.29, 1.82) is 0 Å². The Bertz CT molecular complexity index is 4240. The lowest BCUT2D eigenvalue weighted by Gasteiger charge is -2.59. The maximum absolute atomic E-state index is 12.3. The van der Waals surface area contributed by atoms with E-state index in [1.165, 1.54) is 132 Å². The van der Waals surface area contributed by atoms with Gasteiger partial charge in [0.1, 0.15) is 22.4 Å². The lowest BCUT2D eigenvalue weighted by molar-refractivity contribution is -0.180. The predicted molar refractivity (Wildman–Crippen MR) is 408 cm³/mol. The van der Waals surface area contributed by atoms with Crippen molar-refractivity contribution in [2.45, 2.75) is 294 Å². The Morgan fingerprint density at radius 2 is 0.764 bits per heavy atom. The molecular formula is C97H124O13. The van der Waals surface area contributed by atoms with Crippen LogP contribution in [0.5, 0.6) is 0 Å². The third-order valence-corrected chi connectivity index (χ3v) is 41.5. The van der Waals surface area contributed by atoms with Crippen LogP contribution in [0.3, 0.4) is 0 Å². The van der Waals surface area contributed by atoms with Gasteiger partial charge in [-0.3, -0.25) is 38.4 Å². The van der Waals surface area contributed by atoms with E-state index in [2.05, 4.69) is 46.4 Å². The van der Waals surface area contributed by atoms with Crippen LogP contribution < -0.4 is 0 Å². The first kappa shape index (κ1) is 70.6. The van der Waals surface area contributed by atoms with Crippen LogP contribution >= 0.6 is 0 Å². The number of hydrogen-bond donors (Lipinski definition) is 1. The molecule has 0 amide bonds. The van der Waals surface area contributed by atoms with Gasteiger partial charge in [-0.05, 0) is 358 Å². The van der Waals surface area contributed by atoms with E-state index in [9.17, 15) is 43.5 Å². The van der Waals surface area contributed by atoms with Gasteiger partial charge >= 0.3 is 23.9 Å². The van der Waals surface area contributed by atoms with Gasteiger partial charge in [0.25, 0.3) is 0 Å². The highest BCUT2D eigenvalue weighted by atomic mass is 16.6. The van der Waals surface area contributed by atoms with Crippen LogP contribution in [0.4, 0.5) is 0 Å². The number of ketones is 4. The molecule has 590 valence electrons. The number of esters is 4. The van der Waals surface area contributed by atoms with Crippen molar-refractivity contribution < 1.29 is 62.4 Å². The van der Waals surface area contributed by atoms with Gasteiger partial charge in [-0.2, -0.15) is 0 Å². The quantitative estimate of drug-likeness (QED) is 0.202.